The first-order valence-corrected chi connectivity index (χ1v) is 4.77. The minimum atomic E-state index is 0.229. The minimum Gasteiger partial charge on any atom is -0.508 e. The fraction of sp³-hybridized carbons (Fsp3) is 0.364. The molecule has 1 saturated heterocycles. The van der Waals surface area contributed by atoms with Gasteiger partial charge in [0.1, 0.15) is 5.75 Å². The van der Waals surface area contributed by atoms with E-state index in [1.165, 1.54) is 0 Å². The fourth-order valence-electron chi connectivity index (χ4n) is 1.89. The van der Waals surface area contributed by atoms with Crippen molar-refractivity contribution in [1.29, 1.82) is 5.26 Å². The third-order valence-corrected chi connectivity index (χ3v) is 2.59. The number of aromatic hydroxyl groups is 1. The Bertz CT molecular complexity index is 375. The molecule has 14 heavy (non-hydrogen) atoms. The lowest BCUT2D eigenvalue weighted by Gasteiger charge is -2.12. The van der Waals surface area contributed by atoms with Gasteiger partial charge < -0.3 is 10.4 Å². The average molecular weight is 188 g/mol. The number of benzene rings is 1. The number of rotatable bonds is 1. The van der Waals surface area contributed by atoms with E-state index in [1.807, 2.05) is 0 Å². The maximum absolute atomic E-state index is 9.36. The van der Waals surface area contributed by atoms with E-state index in [0.29, 0.717) is 5.56 Å². The number of nitrogens with one attached hydrogen (secondary N) is 1. The van der Waals surface area contributed by atoms with Crippen LogP contribution in [0.3, 0.4) is 0 Å². The lowest BCUT2D eigenvalue weighted by molar-refractivity contribution is 0.473. The van der Waals surface area contributed by atoms with Crippen molar-refractivity contribution in [3.8, 4) is 11.8 Å². The van der Waals surface area contributed by atoms with Gasteiger partial charge in [-0.25, -0.2) is 0 Å². The number of nitriles is 1. The summed E-state index contributed by atoms with van der Waals surface area (Å²) in [5.74, 6) is 0.229. The smallest absolute Gasteiger partial charge is 0.116 e. The van der Waals surface area contributed by atoms with E-state index in [4.69, 9.17) is 5.26 Å². The highest BCUT2D eigenvalue weighted by molar-refractivity contribution is 5.44. The fourth-order valence-corrected chi connectivity index (χ4v) is 1.89. The van der Waals surface area contributed by atoms with E-state index in [2.05, 4.69) is 11.4 Å². The Labute approximate surface area is 83.0 Å². The van der Waals surface area contributed by atoms with Gasteiger partial charge in [0.15, 0.2) is 0 Å². The lowest BCUT2D eigenvalue weighted by Crippen LogP contribution is -2.13. The summed E-state index contributed by atoms with van der Waals surface area (Å²) in [5.41, 5.74) is 1.58. The van der Waals surface area contributed by atoms with Crippen LogP contribution in [-0.4, -0.2) is 11.7 Å². The van der Waals surface area contributed by atoms with Gasteiger partial charge in [-0.15, -0.1) is 0 Å². The monoisotopic (exact) mass is 188 g/mol. The van der Waals surface area contributed by atoms with Crippen LogP contribution in [0.15, 0.2) is 18.2 Å². The Hall–Kier alpha value is -1.53. The van der Waals surface area contributed by atoms with E-state index in [-0.39, 0.29) is 11.8 Å². The van der Waals surface area contributed by atoms with Gasteiger partial charge in [0.05, 0.1) is 11.6 Å². The number of hydrogen-bond acceptors (Lipinski definition) is 3. The quantitative estimate of drug-likeness (QED) is 0.705. The molecule has 1 aromatic rings. The molecular formula is C11H12N2O. The van der Waals surface area contributed by atoms with Crippen molar-refractivity contribution in [1.82, 2.24) is 5.32 Å². The van der Waals surface area contributed by atoms with Crippen LogP contribution in [0, 0.1) is 11.3 Å². The normalized spacial score (nSPS) is 20.6. The summed E-state index contributed by atoms with van der Waals surface area (Å²) in [6, 6.07) is 7.29. The summed E-state index contributed by atoms with van der Waals surface area (Å²) in [6.45, 7) is 0.991. The molecule has 0 saturated carbocycles. The first kappa shape index (κ1) is 9.04. The van der Waals surface area contributed by atoms with Gasteiger partial charge in [-0.2, -0.15) is 5.26 Å². The van der Waals surface area contributed by atoms with Crippen molar-refractivity contribution < 1.29 is 5.11 Å². The van der Waals surface area contributed by atoms with Crippen LogP contribution in [0.25, 0.3) is 0 Å². The van der Waals surface area contributed by atoms with Gasteiger partial charge in [-0.3, -0.25) is 0 Å². The predicted molar refractivity (Wildman–Crippen MR) is 52.8 cm³/mol. The van der Waals surface area contributed by atoms with Crippen LogP contribution in [0.1, 0.15) is 30.0 Å². The van der Waals surface area contributed by atoms with Gasteiger partial charge in [0.2, 0.25) is 0 Å². The zero-order valence-electron chi connectivity index (χ0n) is 7.83. The first-order valence-electron chi connectivity index (χ1n) is 4.77. The standard InChI is InChI=1S/C11H12N2O/c12-7-8-3-4-9(14)6-10(8)11-2-1-5-13-11/h3-4,6,11,13-14H,1-2,5H2/t11-/m1/s1. The topological polar surface area (TPSA) is 56.0 Å². The summed E-state index contributed by atoms with van der Waals surface area (Å²) >= 11 is 0. The zero-order chi connectivity index (χ0) is 9.97. The first-order chi connectivity index (χ1) is 6.81. The summed E-state index contributed by atoms with van der Waals surface area (Å²) in [6.07, 6.45) is 2.17. The average Bonchev–Trinajstić information content (AvgIpc) is 2.70. The molecule has 0 bridgehead atoms. The molecule has 3 nitrogen and oxygen atoms in total. The second-order valence-corrected chi connectivity index (χ2v) is 3.53. The Balaban J connectivity index is 2.39. The van der Waals surface area contributed by atoms with Crippen molar-refractivity contribution >= 4 is 0 Å². The van der Waals surface area contributed by atoms with Crippen molar-refractivity contribution in [3.05, 3.63) is 29.3 Å². The second kappa shape index (κ2) is 3.69. The molecule has 1 fully saturated rings. The molecule has 3 heteroatoms. The molecular weight excluding hydrogens is 176 g/mol. The third-order valence-electron chi connectivity index (χ3n) is 2.59. The predicted octanol–water partition coefficient (Wildman–Crippen LogP) is 1.69. The van der Waals surface area contributed by atoms with Gasteiger partial charge in [0.25, 0.3) is 0 Å². The molecule has 0 unspecified atom stereocenters. The van der Waals surface area contributed by atoms with Crippen molar-refractivity contribution in [2.45, 2.75) is 18.9 Å². The van der Waals surface area contributed by atoms with Gasteiger partial charge in [0, 0.05) is 6.04 Å². The van der Waals surface area contributed by atoms with E-state index in [9.17, 15) is 5.11 Å². The highest BCUT2D eigenvalue weighted by Gasteiger charge is 2.19. The van der Waals surface area contributed by atoms with E-state index >= 15 is 0 Å². The molecule has 1 atom stereocenters. The van der Waals surface area contributed by atoms with Crippen LogP contribution < -0.4 is 5.32 Å². The van der Waals surface area contributed by atoms with Crippen molar-refractivity contribution in [3.63, 3.8) is 0 Å². The molecule has 0 spiro atoms. The van der Waals surface area contributed by atoms with Crippen LogP contribution >= 0.6 is 0 Å². The summed E-state index contributed by atoms with van der Waals surface area (Å²) in [5, 5.41) is 21.6. The van der Waals surface area contributed by atoms with Crippen LogP contribution in [-0.2, 0) is 0 Å². The number of phenolic OH excluding ortho intramolecular Hbond substituents is 1. The molecule has 1 heterocycles. The van der Waals surface area contributed by atoms with Crippen LogP contribution in [0.5, 0.6) is 5.75 Å². The molecule has 0 aromatic heterocycles. The molecule has 1 aliphatic rings. The van der Waals surface area contributed by atoms with E-state index in [0.717, 1.165) is 24.9 Å². The number of hydrogen-bond donors (Lipinski definition) is 2. The largest absolute Gasteiger partial charge is 0.508 e. The Morgan fingerprint density at radius 3 is 3.00 bits per heavy atom. The lowest BCUT2D eigenvalue weighted by atomic mass is 9.99. The summed E-state index contributed by atoms with van der Waals surface area (Å²) < 4.78 is 0. The summed E-state index contributed by atoms with van der Waals surface area (Å²) in [7, 11) is 0. The molecule has 0 radical (unpaired) electrons. The molecule has 2 rings (SSSR count). The highest BCUT2D eigenvalue weighted by Crippen LogP contribution is 2.28. The highest BCUT2D eigenvalue weighted by atomic mass is 16.3. The second-order valence-electron chi connectivity index (χ2n) is 3.53. The van der Waals surface area contributed by atoms with Crippen LogP contribution in [0.4, 0.5) is 0 Å². The van der Waals surface area contributed by atoms with E-state index in [1.54, 1.807) is 18.2 Å². The molecule has 2 N–H and O–H groups in total. The Morgan fingerprint density at radius 2 is 2.36 bits per heavy atom. The molecule has 1 aliphatic heterocycles. The molecule has 72 valence electrons. The summed E-state index contributed by atoms with van der Waals surface area (Å²) in [4.78, 5) is 0. The van der Waals surface area contributed by atoms with Gasteiger partial charge in [-0.1, -0.05) is 0 Å². The minimum absolute atomic E-state index is 0.229. The SMILES string of the molecule is N#Cc1ccc(O)cc1[C@H]1CCCN1. The van der Waals surface area contributed by atoms with Crippen molar-refractivity contribution in [2.24, 2.45) is 0 Å². The maximum atomic E-state index is 9.36. The zero-order valence-corrected chi connectivity index (χ0v) is 7.83. The third kappa shape index (κ3) is 1.57. The number of nitrogens with zero attached hydrogens (tertiary/aromatic N) is 1. The number of phenols is 1. The van der Waals surface area contributed by atoms with Gasteiger partial charge in [-0.05, 0) is 43.1 Å². The molecule has 0 amide bonds. The van der Waals surface area contributed by atoms with E-state index < -0.39 is 0 Å². The molecule has 0 aliphatic carbocycles. The maximum Gasteiger partial charge on any atom is 0.116 e. The van der Waals surface area contributed by atoms with Crippen molar-refractivity contribution in [2.75, 3.05) is 6.54 Å². The Morgan fingerprint density at radius 1 is 1.50 bits per heavy atom. The van der Waals surface area contributed by atoms with Crippen LogP contribution in [0.2, 0.25) is 0 Å². The van der Waals surface area contributed by atoms with Gasteiger partial charge >= 0.3 is 0 Å². The molecule has 1 aromatic carbocycles. The Kier molecular flexibility index (Phi) is 2.38.